The average molecular weight is 309 g/mol. The molecule has 0 unspecified atom stereocenters. The van der Waals surface area contributed by atoms with Gasteiger partial charge < -0.3 is 14.7 Å². The molecule has 0 saturated carbocycles. The molecule has 0 spiro atoms. The summed E-state index contributed by atoms with van der Waals surface area (Å²) in [6, 6.07) is 7.08. The number of amides is 2. The second-order valence-corrected chi connectivity index (χ2v) is 4.99. The molecule has 1 heterocycles. The molecule has 1 aromatic carbocycles. The Bertz CT molecular complexity index is 615. The molecule has 0 aliphatic heterocycles. The van der Waals surface area contributed by atoms with Gasteiger partial charge in [0.1, 0.15) is 6.54 Å². The Morgan fingerprint density at radius 3 is 2.90 bits per heavy atom. The number of urea groups is 1. The second kappa shape index (κ2) is 7.08. The Balaban J connectivity index is 2.04. The number of rotatable bonds is 5. The first-order chi connectivity index (χ1) is 10.1. The fourth-order valence-corrected chi connectivity index (χ4v) is 1.93. The Labute approximate surface area is 128 Å². The monoisotopic (exact) mass is 308 g/mol. The molecule has 1 aromatic heterocycles. The number of hydrogen-bond acceptors (Lipinski definition) is 4. The molecule has 2 amide bonds. The number of nitrogens with one attached hydrogen (secondary N) is 1. The third-order valence-electron chi connectivity index (χ3n) is 2.83. The Morgan fingerprint density at radius 1 is 1.43 bits per heavy atom. The first kappa shape index (κ1) is 15.3. The number of nitrogens with zero attached hydrogens (tertiary/aromatic N) is 3. The summed E-state index contributed by atoms with van der Waals surface area (Å²) in [6.45, 7) is 2.87. The highest BCUT2D eigenvalue weighted by atomic mass is 35.5. The zero-order valence-electron chi connectivity index (χ0n) is 12.0. The van der Waals surface area contributed by atoms with Gasteiger partial charge in [-0.3, -0.25) is 0 Å². The minimum absolute atomic E-state index is 0.172. The molecule has 6 nitrogen and oxygen atoms in total. The molecule has 0 aliphatic carbocycles. The van der Waals surface area contributed by atoms with Crippen LogP contribution in [0.5, 0.6) is 0 Å². The van der Waals surface area contributed by atoms with Gasteiger partial charge in [0, 0.05) is 19.2 Å². The van der Waals surface area contributed by atoms with E-state index in [2.05, 4.69) is 15.5 Å². The molecule has 112 valence electrons. The Kier molecular flexibility index (Phi) is 5.16. The first-order valence-electron chi connectivity index (χ1n) is 6.68. The summed E-state index contributed by atoms with van der Waals surface area (Å²) in [6.07, 6.45) is 0.886. The van der Waals surface area contributed by atoms with Gasteiger partial charge in [0.05, 0.1) is 5.02 Å². The summed E-state index contributed by atoms with van der Waals surface area (Å²) >= 11 is 6.09. The van der Waals surface area contributed by atoms with Gasteiger partial charge in [-0.2, -0.15) is 4.98 Å². The molecule has 0 radical (unpaired) electrons. The van der Waals surface area contributed by atoms with Crippen molar-refractivity contribution in [1.29, 1.82) is 0 Å². The fraction of sp³-hybridized carbons (Fsp3) is 0.357. The van der Waals surface area contributed by atoms with Crippen molar-refractivity contribution in [2.75, 3.05) is 13.6 Å². The molecule has 0 bridgehead atoms. The number of carbonyl (C=O) groups excluding carboxylic acids is 1. The van der Waals surface area contributed by atoms with Gasteiger partial charge in [-0.05, 0) is 18.6 Å². The minimum Gasteiger partial charge on any atom is -0.338 e. The quantitative estimate of drug-likeness (QED) is 0.922. The average Bonchev–Trinajstić information content (AvgIpc) is 2.93. The largest absolute Gasteiger partial charge is 0.338 e. The van der Waals surface area contributed by atoms with E-state index in [9.17, 15) is 4.79 Å². The molecular weight excluding hydrogens is 292 g/mol. The van der Waals surface area contributed by atoms with Crippen LogP contribution in [-0.2, 0) is 6.54 Å². The number of aromatic nitrogens is 2. The lowest BCUT2D eigenvalue weighted by Gasteiger charge is -2.15. The first-order valence-corrected chi connectivity index (χ1v) is 7.06. The van der Waals surface area contributed by atoms with Crippen molar-refractivity contribution in [3.05, 3.63) is 35.2 Å². The molecule has 2 rings (SSSR count). The van der Waals surface area contributed by atoms with Crippen LogP contribution in [-0.4, -0.2) is 34.7 Å². The summed E-state index contributed by atoms with van der Waals surface area (Å²) in [5.41, 5.74) is 0.701. The standard InChI is InChI=1S/C14H17ClN4O2/c1-3-8-16-14(20)19(2)9-12-17-13(18-21-12)10-6-4-5-7-11(10)15/h4-7H,3,8-9H2,1-2H3,(H,16,20). The molecule has 7 heteroatoms. The molecule has 2 aromatic rings. The lowest BCUT2D eigenvalue weighted by molar-refractivity contribution is 0.199. The second-order valence-electron chi connectivity index (χ2n) is 4.58. The summed E-state index contributed by atoms with van der Waals surface area (Å²) in [5, 5.41) is 7.22. The van der Waals surface area contributed by atoms with E-state index in [1.54, 1.807) is 13.1 Å². The number of halogens is 1. The smallest absolute Gasteiger partial charge is 0.317 e. The van der Waals surface area contributed by atoms with Crippen molar-refractivity contribution >= 4 is 17.6 Å². The van der Waals surface area contributed by atoms with Crippen LogP contribution in [0.15, 0.2) is 28.8 Å². The summed E-state index contributed by atoms with van der Waals surface area (Å²) in [4.78, 5) is 17.5. The van der Waals surface area contributed by atoms with Gasteiger partial charge in [0.2, 0.25) is 11.7 Å². The third-order valence-corrected chi connectivity index (χ3v) is 3.16. The van der Waals surface area contributed by atoms with Crippen molar-refractivity contribution in [3.8, 4) is 11.4 Å². The van der Waals surface area contributed by atoms with Crippen LogP contribution in [0, 0.1) is 0 Å². The topological polar surface area (TPSA) is 71.3 Å². The van der Waals surface area contributed by atoms with E-state index in [1.165, 1.54) is 4.90 Å². The lowest BCUT2D eigenvalue weighted by atomic mass is 10.2. The highest BCUT2D eigenvalue weighted by molar-refractivity contribution is 6.33. The fourth-order valence-electron chi connectivity index (χ4n) is 1.71. The van der Waals surface area contributed by atoms with E-state index in [-0.39, 0.29) is 12.6 Å². The van der Waals surface area contributed by atoms with E-state index >= 15 is 0 Å². The molecule has 0 atom stereocenters. The van der Waals surface area contributed by atoms with E-state index in [0.29, 0.717) is 28.8 Å². The van der Waals surface area contributed by atoms with Crippen molar-refractivity contribution in [1.82, 2.24) is 20.4 Å². The minimum atomic E-state index is -0.172. The van der Waals surface area contributed by atoms with E-state index < -0.39 is 0 Å². The van der Waals surface area contributed by atoms with Gasteiger partial charge in [-0.15, -0.1) is 0 Å². The van der Waals surface area contributed by atoms with Crippen molar-refractivity contribution in [3.63, 3.8) is 0 Å². The highest BCUT2D eigenvalue weighted by Gasteiger charge is 2.15. The third kappa shape index (κ3) is 3.95. The van der Waals surface area contributed by atoms with Gasteiger partial charge in [0.15, 0.2) is 0 Å². The predicted molar refractivity (Wildman–Crippen MR) is 79.9 cm³/mol. The highest BCUT2D eigenvalue weighted by Crippen LogP contribution is 2.24. The van der Waals surface area contributed by atoms with Crippen molar-refractivity contribution in [2.24, 2.45) is 0 Å². The molecule has 0 fully saturated rings. The van der Waals surface area contributed by atoms with E-state index in [4.69, 9.17) is 16.1 Å². The van der Waals surface area contributed by atoms with Crippen LogP contribution < -0.4 is 5.32 Å². The van der Waals surface area contributed by atoms with Gasteiger partial charge >= 0.3 is 6.03 Å². The van der Waals surface area contributed by atoms with Crippen molar-refractivity contribution in [2.45, 2.75) is 19.9 Å². The maximum Gasteiger partial charge on any atom is 0.317 e. The van der Waals surface area contributed by atoms with Gasteiger partial charge in [-0.25, -0.2) is 4.79 Å². The maximum absolute atomic E-state index is 11.7. The van der Waals surface area contributed by atoms with Crippen LogP contribution >= 0.6 is 11.6 Å². The predicted octanol–water partition coefficient (Wildman–Crippen LogP) is 2.94. The molecule has 0 aliphatic rings. The Morgan fingerprint density at radius 2 is 2.19 bits per heavy atom. The zero-order chi connectivity index (χ0) is 15.2. The van der Waals surface area contributed by atoms with Crippen LogP contribution in [0.1, 0.15) is 19.2 Å². The molecule has 1 N–H and O–H groups in total. The van der Waals surface area contributed by atoms with E-state index in [1.807, 2.05) is 25.1 Å². The summed E-state index contributed by atoms with van der Waals surface area (Å²) in [7, 11) is 1.67. The Hall–Kier alpha value is -2.08. The van der Waals surface area contributed by atoms with Crippen LogP contribution in [0.2, 0.25) is 5.02 Å². The normalized spacial score (nSPS) is 10.4. The lowest BCUT2D eigenvalue weighted by Crippen LogP contribution is -2.37. The molecular formula is C14H17ClN4O2. The van der Waals surface area contributed by atoms with E-state index in [0.717, 1.165) is 6.42 Å². The van der Waals surface area contributed by atoms with Gasteiger partial charge in [-0.1, -0.05) is 35.8 Å². The summed E-state index contributed by atoms with van der Waals surface area (Å²) < 4.78 is 5.16. The molecule has 21 heavy (non-hydrogen) atoms. The number of hydrogen-bond donors (Lipinski definition) is 1. The number of benzene rings is 1. The van der Waals surface area contributed by atoms with Crippen LogP contribution in [0.25, 0.3) is 11.4 Å². The SMILES string of the molecule is CCCNC(=O)N(C)Cc1nc(-c2ccccc2Cl)no1. The van der Waals surface area contributed by atoms with Crippen molar-refractivity contribution < 1.29 is 9.32 Å². The van der Waals surface area contributed by atoms with Crippen LogP contribution in [0.3, 0.4) is 0 Å². The maximum atomic E-state index is 11.7. The number of carbonyl (C=O) groups is 1. The summed E-state index contributed by atoms with van der Waals surface area (Å²) in [5.74, 6) is 0.775. The zero-order valence-corrected chi connectivity index (χ0v) is 12.7. The van der Waals surface area contributed by atoms with Gasteiger partial charge in [0.25, 0.3) is 0 Å². The molecule has 0 saturated heterocycles. The van der Waals surface area contributed by atoms with Crippen LogP contribution in [0.4, 0.5) is 4.79 Å².